The average Bonchev–Trinajstić information content (AvgIpc) is 2.90. The molecule has 1 atom stereocenters. The van der Waals surface area contributed by atoms with Gasteiger partial charge in [0.25, 0.3) is 0 Å². The van der Waals surface area contributed by atoms with Gasteiger partial charge in [-0.15, -0.1) is 0 Å². The lowest BCUT2D eigenvalue weighted by atomic mass is 9.84. The second kappa shape index (κ2) is 13.8. The van der Waals surface area contributed by atoms with Crippen LogP contribution in [0.2, 0.25) is 10.0 Å². The SMILES string of the molecule is CN1Cc2c(Cl)cc(Cl)cc2[C@H](c2cccc(-c3ccc(NCCOCCOCCNC(N)=O)nc3)c2)C1. The number of hydrogen-bond acceptors (Lipinski definition) is 6. The molecule has 0 aliphatic carbocycles. The Labute approximate surface area is 233 Å². The summed E-state index contributed by atoms with van der Waals surface area (Å²) in [7, 11) is 2.12. The number of likely N-dealkylation sites (N-methyl/N-ethyl adjacent to an activating group) is 1. The number of primary amides is 1. The fourth-order valence-corrected chi connectivity index (χ4v) is 5.12. The molecule has 0 bridgehead atoms. The number of nitrogens with two attached hydrogens (primary N) is 1. The van der Waals surface area contributed by atoms with Gasteiger partial charge in [0.05, 0.1) is 26.4 Å². The van der Waals surface area contributed by atoms with Crippen LogP contribution in [0.4, 0.5) is 10.6 Å². The smallest absolute Gasteiger partial charge is 0.312 e. The van der Waals surface area contributed by atoms with Crippen LogP contribution in [0.15, 0.2) is 54.7 Å². The fraction of sp³-hybridized carbons (Fsp3) is 0.357. The molecule has 0 spiro atoms. The van der Waals surface area contributed by atoms with Gasteiger partial charge < -0.3 is 30.7 Å². The van der Waals surface area contributed by atoms with Crippen molar-refractivity contribution in [2.24, 2.45) is 5.73 Å². The molecule has 38 heavy (non-hydrogen) atoms. The summed E-state index contributed by atoms with van der Waals surface area (Å²) < 4.78 is 10.9. The number of anilines is 1. The molecule has 0 fully saturated rings. The van der Waals surface area contributed by atoms with Gasteiger partial charge >= 0.3 is 6.03 Å². The lowest BCUT2D eigenvalue weighted by molar-refractivity contribution is 0.0533. The molecule has 3 aromatic rings. The van der Waals surface area contributed by atoms with E-state index in [2.05, 4.69) is 64.0 Å². The Morgan fingerprint density at radius 2 is 1.84 bits per heavy atom. The van der Waals surface area contributed by atoms with Crippen molar-refractivity contribution in [3.05, 3.63) is 81.5 Å². The van der Waals surface area contributed by atoms with Gasteiger partial charge in [-0.1, -0.05) is 47.5 Å². The van der Waals surface area contributed by atoms with Crippen molar-refractivity contribution in [2.45, 2.75) is 12.5 Å². The van der Waals surface area contributed by atoms with Gasteiger partial charge in [0, 0.05) is 53.9 Å². The average molecular weight is 559 g/mol. The number of fused-ring (bicyclic) bond motifs is 1. The molecule has 2 heterocycles. The molecule has 4 rings (SSSR count). The second-order valence-electron chi connectivity index (χ2n) is 9.20. The molecular weight excluding hydrogens is 525 g/mol. The van der Waals surface area contributed by atoms with Crippen molar-refractivity contribution in [3.63, 3.8) is 0 Å². The highest BCUT2D eigenvalue weighted by Crippen LogP contribution is 2.39. The molecule has 0 saturated heterocycles. The molecule has 2 amide bonds. The fourth-order valence-electron chi connectivity index (χ4n) is 4.55. The second-order valence-corrected chi connectivity index (χ2v) is 10.0. The lowest BCUT2D eigenvalue weighted by Gasteiger charge is -2.33. The third kappa shape index (κ3) is 7.82. The maximum atomic E-state index is 10.6. The van der Waals surface area contributed by atoms with Crippen LogP contribution in [0.1, 0.15) is 22.6 Å². The zero-order valence-electron chi connectivity index (χ0n) is 21.4. The molecule has 8 nitrogen and oxygen atoms in total. The Hall–Kier alpha value is -2.88. The number of amides is 2. The van der Waals surface area contributed by atoms with Gasteiger partial charge in [0.1, 0.15) is 5.82 Å². The number of halogens is 2. The number of benzene rings is 2. The minimum atomic E-state index is -0.554. The Bertz CT molecular complexity index is 1230. The first-order valence-electron chi connectivity index (χ1n) is 12.6. The van der Waals surface area contributed by atoms with Crippen molar-refractivity contribution in [2.75, 3.05) is 58.4 Å². The van der Waals surface area contributed by atoms with Crippen LogP contribution in [0, 0.1) is 0 Å². The topological polar surface area (TPSA) is 102 Å². The van der Waals surface area contributed by atoms with E-state index >= 15 is 0 Å². The predicted molar refractivity (Wildman–Crippen MR) is 152 cm³/mol. The van der Waals surface area contributed by atoms with Crippen LogP contribution in [-0.4, -0.2) is 69.0 Å². The summed E-state index contributed by atoms with van der Waals surface area (Å²) in [4.78, 5) is 17.4. The first-order valence-corrected chi connectivity index (χ1v) is 13.3. The van der Waals surface area contributed by atoms with Crippen LogP contribution in [0.3, 0.4) is 0 Å². The Morgan fingerprint density at radius 1 is 1.05 bits per heavy atom. The van der Waals surface area contributed by atoms with E-state index in [1.54, 1.807) is 0 Å². The monoisotopic (exact) mass is 557 g/mol. The molecule has 4 N–H and O–H groups in total. The highest BCUT2D eigenvalue weighted by atomic mass is 35.5. The van der Waals surface area contributed by atoms with Crippen molar-refractivity contribution in [3.8, 4) is 11.1 Å². The molecule has 0 unspecified atom stereocenters. The molecule has 2 aromatic carbocycles. The summed E-state index contributed by atoms with van der Waals surface area (Å²) >= 11 is 12.9. The molecule has 202 valence electrons. The summed E-state index contributed by atoms with van der Waals surface area (Å²) in [5.41, 5.74) is 10.7. The summed E-state index contributed by atoms with van der Waals surface area (Å²) in [6, 6.07) is 15.9. The minimum absolute atomic E-state index is 0.186. The third-order valence-corrected chi connectivity index (χ3v) is 6.90. The van der Waals surface area contributed by atoms with E-state index in [0.29, 0.717) is 44.5 Å². The Morgan fingerprint density at radius 3 is 2.58 bits per heavy atom. The molecule has 1 aliphatic rings. The standard InChI is InChI=1S/C28H33Cl2N5O3/c1-35-17-24(23-14-22(29)15-26(30)25(23)18-35)20-4-2-3-19(13-20)21-5-6-27(34-16-21)32-7-9-37-11-12-38-10-8-33-28(31)36/h2-6,13-16,24H,7-12,17-18H2,1H3,(H,32,34)(H3,31,33,36)/t24-/m0/s1. The van der Waals surface area contributed by atoms with E-state index in [1.807, 2.05) is 18.3 Å². The number of carbonyl (C=O) groups is 1. The quantitative estimate of drug-likeness (QED) is 0.278. The zero-order valence-corrected chi connectivity index (χ0v) is 22.9. The van der Waals surface area contributed by atoms with E-state index in [1.165, 1.54) is 11.1 Å². The van der Waals surface area contributed by atoms with Crippen molar-refractivity contribution >= 4 is 35.1 Å². The molecule has 10 heteroatoms. The number of ether oxygens (including phenoxy) is 2. The molecule has 1 aromatic heterocycles. The number of rotatable bonds is 12. The number of nitrogens with zero attached hydrogens (tertiary/aromatic N) is 2. The molecule has 0 radical (unpaired) electrons. The first kappa shape index (κ1) is 28.1. The Kier molecular flexibility index (Phi) is 10.2. The molecule has 1 aliphatic heterocycles. The van der Waals surface area contributed by atoms with Crippen molar-refractivity contribution in [1.29, 1.82) is 0 Å². The number of hydrogen-bond donors (Lipinski definition) is 3. The van der Waals surface area contributed by atoms with Crippen LogP contribution in [-0.2, 0) is 16.0 Å². The van der Waals surface area contributed by atoms with Crippen molar-refractivity contribution < 1.29 is 14.3 Å². The van der Waals surface area contributed by atoms with E-state index in [9.17, 15) is 4.79 Å². The number of nitrogens with one attached hydrogen (secondary N) is 2. The first-order chi connectivity index (χ1) is 18.4. The van der Waals surface area contributed by atoms with E-state index < -0.39 is 6.03 Å². The summed E-state index contributed by atoms with van der Waals surface area (Å²) in [6.45, 7) is 4.58. The van der Waals surface area contributed by atoms with Crippen LogP contribution < -0.4 is 16.4 Å². The van der Waals surface area contributed by atoms with Crippen LogP contribution >= 0.6 is 23.2 Å². The Balaban J connectivity index is 1.29. The summed E-state index contributed by atoms with van der Waals surface area (Å²) in [5, 5.41) is 7.12. The van der Waals surface area contributed by atoms with Gasteiger partial charge in [-0.05, 0) is 53.6 Å². The summed E-state index contributed by atoms with van der Waals surface area (Å²) in [6.07, 6.45) is 1.88. The largest absolute Gasteiger partial charge is 0.377 e. The lowest BCUT2D eigenvalue weighted by Crippen LogP contribution is -2.32. The zero-order chi connectivity index (χ0) is 26.9. The van der Waals surface area contributed by atoms with E-state index in [0.717, 1.165) is 40.6 Å². The number of aromatic nitrogens is 1. The van der Waals surface area contributed by atoms with Gasteiger partial charge in [0.2, 0.25) is 0 Å². The maximum Gasteiger partial charge on any atom is 0.312 e. The number of carbonyl (C=O) groups excluding carboxylic acids is 1. The predicted octanol–water partition coefficient (Wildman–Crippen LogP) is 4.75. The van der Waals surface area contributed by atoms with Crippen molar-refractivity contribution in [1.82, 2.24) is 15.2 Å². The summed E-state index contributed by atoms with van der Waals surface area (Å²) in [5.74, 6) is 0.973. The maximum absolute atomic E-state index is 10.6. The van der Waals surface area contributed by atoms with E-state index in [-0.39, 0.29) is 5.92 Å². The molecule has 0 saturated carbocycles. The normalized spacial score (nSPS) is 15.2. The van der Waals surface area contributed by atoms with E-state index in [4.69, 9.17) is 38.4 Å². The number of urea groups is 1. The highest BCUT2D eigenvalue weighted by Gasteiger charge is 2.27. The van der Waals surface area contributed by atoms with Gasteiger partial charge in [-0.2, -0.15) is 0 Å². The van der Waals surface area contributed by atoms with Gasteiger partial charge in [-0.3, -0.25) is 0 Å². The molecular formula is C28H33Cl2N5O3. The minimum Gasteiger partial charge on any atom is -0.377 e. The third-order valence-electron chi connectivity index (χ3n) is 6.35. The van der Waals surface area contributed by atoms with Gasteiger partial charge in [-0.25, -0.2) is 9.78 Å². The van der Waals surface area contributed by atoms with Crippen LogP contribution in [0.25, 0.3) is 11.1 Å². The van der Waals surface area contributed by atoms with Crippen LogP contribution in [0.5, 0.6) is 0 Å². The van der Waals surface area contributed by atoms with Gasteiger partial charge in [0.15, 0.2) is 0 Å². The highest BCUT2D eigenvalue weighted by molar-refractivity contribution is 6.35. The number of pyridine rings is 1.